The number of hydrogen-bond donors (Lipinski definition) is 1. The van der Waals surface area contributed by atoms with Crippen molar-refractivity contribution in [3.8, 4) is 5.82 Å². The van der Waals surface area contributed by atoms with Crippen molar-refractivity contribution in [2.75, 3.05) is 0 Å². The lowest BCUT2D eigenvalue weighted by molar-refractivity contribution is 0.583. The van der Waals surface area contributed by atoms with Crippen molar-refractivity contribution in [1.82, 2.24) is 24.5 Å². The first kappa shape index (κ1) is 17.1. The maximum Gasteiger partial charge on any atom is 0.201 e. The number of H-pyrrole nitrogens is 1. The molecular formula is C21H18FN5S. The third-order valence-electron chi connectivity index (χ3n) is 5.19. The molecule has 0 unspecified atom stereocenters. The lowest BCUT2D eigenvalue weighted by Crippen LogP contribution is -2.06. The fourth-order valence-corrected chi connectivity index (χ4v) is 3.92. The van der Waals surface area contributed by atoms with Crippen molar-refractivity contribution in [3.05, 3.63) is 94.4 Å². The molecule has 0 spiro atoms. The highest BCUT2D eigenvalue weighted by molar-refractivity contribution is 7.71. The van der Waals surface area contributed by atoms with E-state index in [4.69, 9.17) is 12.2 Å². The molecule has 4 aromatic rings. The lowest BCUT2D eigenvalue weighted by atomic mass is 10.1. The van der Waals surface area contributed by atoms with Crippen LogP contribution >= 0.6 is 12.2 Å². The van der Waals surface area contributed by atoms with Crippen LogP contribution in [0.4, 0.5) is 4.39 Å². The molecule has 0 amide bonds. The molecule has 5 nitrogen and oxygen atoms in total. The summed E-state index contributed by atoms with van der Waals surface area (Å²) in [5.74, 6) is 2.13. The minimum absolute atomic E-state index is 0.233. The summed E-state index contributed by atoms with van der Waals surface area (Å²) in [7, 11) is 0. The predicted octanol–water partition coefficient (Wildman–Crippen LogP) is 4.58. The van der Waals surface area contributed by atoms with Crippen molar-refractivity contribution in [1.29, 1.82) is 0 Å². The van der Waals surface area contributed by atoms with Gasteiger partial charge in [-0.25, -0.2) is 4.39 Å². The molecule has 0 bridgehead atoms. The van der Waals surface area contributed by atoms with Gasteiger partial charge in [0.25, 0.3) is 0 Å². The number of aromatic nitrogens is 5. The van der Waals surface area contributed by atoms with E-state index in [-0.39, 0.29) is 5.82 Å². The zero-order valence-corrected chi connectivity index (χ0v) is 15.8. The average molecular weight is 391 g/mol. The molecule has 1 aliphatic carbocycles. The Hall–Kier alpha value is -3.06. The van der Waals surface area contributed by atoms with Gasteiger partial charge in [-0.1, -0.05) is 48.5 Å². The van der Waals surface area contributed by atoms with E-state index in [0.29, 0.717) is 34.5 Å². The Morgan fingerprint density at radius 3 is 2.64 bits per heavy atom. The monoisotopic (exact) mass is 391 g/mol. The summed E-state index contributed by atoms with van der Waals surface area (Å²) in [6.45, 7) is 0.364. The molecule has 28 heavy (non-hydrogen) atoms. The first-order chi connectivity index (χ1) is 13.7. The van der Waals surface area contributed by atoms with Crippen LogP contribution in [0, 0.1) is 10.6 Å². The van der Waals surface area contributed by atoms with Crippen LogP contribution in [0.25, 0.3) is 5.82 Å². The van der Waals surface area contributed by atoms with Gasteiger partial charge in [0.2, 0.25) is 4.77 Å². The van der Waals surface area contributed by atoms with Crippen LogP contribution < -0.4 is 0 Å². The average Bonchev–Trinajstić information content (AvgIpc) is 3.22. The fourth-order valence-electron chi connectivity index (χ4n) is 3.69. The van der Waals surface area contributed by atoms with E-state index in [2.05, 4.69) is 39.6 Å². The molecule has 0 aliphatic heterocycles. The van der Waals surface area contributed by atoms with E-state index in [9.17, 15) is 4.39 Å². The van der Waals surface area contributed by atoms with E-state index >= 15 is 0 Å². The molecule has 140 valence electrons. The Morgan fingerprint density at radius 1 is 1.04 bits per heavy atom. The van der Waals surface area contributed by atoms with Gasteiger partial charge in [0.1, 0.15) is 11.6 Å². The van der Waals surface area contributed by atoms with Crippen LogP contribution in [-0.2, 0) is 6.54 Å². The standard InChI is InChI=1S/C21H18FN5S/c22-18-9-5-4-8-15(18)13-26-11-10-19(25-26)27-20(23-24-21(27)28)17-12-16(17)14-6-2-1-3-7-14/h1-11,16-17H,12-13H2,(H,24,28)/t16-,17+/m1/s1. The van der Waals surface area contributed by atoms with Crippen LogP contribution in [0.2, 0.25) is 0 Å². The van der Waals surface area contributed by atoms with Crippen molar-refractivity contribution >= 4 is 12.2 Å². The molecule has 2 aromatic heterocycles. The maximum atomic E-state index is 13.9. The second-order valence-electron chi connectivity index (χ2n) is 7.04. The minimum Gasteiger partial charge on any atom is -0.266 e. The van der Waals surface area contributed by atoms with E-state index < -0.39 is 0 Å². The minimum atomic E-state index is -0.233. The zero-order chi connectivity index (χ0) is 19.1. The third kappa shape index (κ3) is 3.07. The molecule has 1 fully saturated rings. The van der Waals surface area contributed by atoms with Gasteiger partial charge in [-0.2, -0.15) is 10.2 Å². The number of nitrogens with one attached hydrogen (secondary N) is 1. The number of benzene rings is 2. The van der Waals surface area contributed by atoms with Crippen LogP contribution in [0.5, 0.6) is 0 Å². The Labute approximate surface area is 166 Å². The number of rotatable bonds is 5. The number of halogens is 1. The van der Waals surface area contributed by atoms with Gasteiger partial charge < -0.3 is 0 Å². The van der Waals surface area contributed by atoms with Crippen LogP contribution in [0.1, 0.15) is 35.2 Å². The van der Waals surface area contributed by atoms with Gasteiger partial charge in [-0.15, -0.1) is 0 Å². The molecule has 2 heterocycles. The summed E-state index contributed by atoms with van der Waals surface area (Å²) in [5.41, 5.74) is 1.91. The quantitative estimate of drug-likeness (QED) is 0.507. The molecule has 1 saturated carbocycles. The largest absolute Gasteiger partial charge is 0.266 e. The van der Waals surface area contributed by atoms with Crippen LogP contribution in [0.15, 0.2) is 66.9 Å². The number of aromatic amines is 1. The van der Waals surface area contributed by atoms with Crippen molar-refractivity contribution in [2.24, 2.45) is 0 Å². The normalized spacial score (nSPS) is 18.3. The van der Waals surface area contributed by atoms with Crippen molar-refractivity contribution in [2.45, 2.75) is 24.8 Å². The van der Waals surface area contributed by atoms with Gasteiger partial charge >= 0.3 is 0 Å². The molecule has 1 aliphatic rings. The summed E-state index contributed by atoms with van der Waals surface area (Å²) in [6, 6.07) is 19.1. The van der Waals surface area contributed by atoms with Gasteiger partial charge in [-0.3, -0.25) is 14.3 Å². The molecule has 0 radical (unpaired) electrons. The maximum absolute atomic E-state index is 13.9. The third-order valence-corrected chi connectivity index (χ3v) is 5.47. The molecule has 5 rings (SSSR count). The SMILES string of the molecule is Fc1ccccc1Cn1ccc(-n2c([C@H]3C[C@@H]3c3ccccc3)n[nH]c2=S)n1. The molecular weight excluding hydrogens is 373 g/mol. The van der Waals surface area contributed by atoms with Gasteiger partial charge in [0.15, 0.2) is 5.82 Å². The molecule has 0 saturated heterocycles. The smallest absolute Gasteiger partial charge is 0.201 e. The predicted molar refractivity (Wildman–Crippen MR) is 107 cm³/mol. The Kier molecular flexibility index (Phi) is 4.16. The fraction of sp³-hybridized carbons (Fsp3) is 0.190. The summed E-state index contributed by atoms with van der Waals surface area (Å²) in [6.07, 6.45) is 2.88. The first-order valence-corrected chi connectivity index (χ1v) is 9.61. The summed E-state index contributed by atoms with van der Waals surface area (Å²) in [5, 5.41) is 12.0. The Bertz CT molecular complexity index is 1180. The highest BCUT2D eigenvalue weighted by Gasteiger charge is 2.43. The first-order valence-electron chi connectivity index (χ1n) is 9.20. The molecule has 7 heteroatoms. The summed E-state index contributed by atoms with van der Waals surface area (Å²) < 4.78 is 18.0. The summed E-state index contributed by atoms with van der Waals surface area (Å²) >= 11 is 5.45. The van der Waals surface area contributed by atoms with Crippen molar-refractivity contribution in [3.63, 3.8) is 0 Å². The van der Waals surface area contributed by atoms with E-state index in [0.717, 1.165) is 12.2 Å². The van der Waals surface area contributed by atoms with Crippen LogP contribution in [0.3, 0.4) is 0 Å². The van der Waals surface area contributed by atoms with E-state index in [1.165, 1.54) is 11.6 Å². The topological polar surface area (TPSA) is 51.4 Å². The highest BCUT2D eigenvalue weighted by Crippen LogP contribution is 2.54. The number of nitrogens with zero attached hydrogens (tertiary/aromatic N) is 4. The zero-order valence-electron chi connectivity index (χ0n) is 15.0. The lowest BCUT2D eigenvalue weighted by Gasteiger charge is -2.05. The molecule has 2 atom stereocenters. The van der Waals surface area contributed by atoms with Gasteiger partial charge in [0.05, 0.1) is 6.54 Å². The van der Waals surface area contributed by atoms with Gasteiger partial charge in [-0.05, 0) is 36.2 Å². The Morgan fingerprint density at radius 2 is 1.82 bits per heavy atom. The number of hydrogen-bond acceptors (Lipinski definition) is 3. The molecule has 1 N–H and O–H groups in total. The molecule has 2 aromatic carbocycles. The van der Waals surface area contributed by atoms with Crippen molar-refractivity contribution < 1.29 is 4.39 Å². The van der Waals surface area contributed by atoms with Gasteiger partial charge in [0, 0.05) is 23.7 Å². The van der Waals surface area contributed by atoms with Crippen LogP contribution in [-0.4, -0.2) is 24.5 Å². The van der Waals surface area contributed by atoms with E-state index in [1.807, 2.05) is 29.0 Å². The Balaban J connectivity index is 1.43. The highest BCUT2D eigenvalue weighted by atomic mass is 32.1. The van der Waals surface area contributed by atoms with E-state index in [1.54, 1.807) is 16.8 Å². The summed E-state index contributed by atoms with van der Waals surface area (Å²) in [4.78, 5) is 0. The second-order valence-corrected chi connectivity index (χ2v) is 7.43. The second kappa shape index (κ2) is 6.83.